The molecule has 2 N–H and O–H groups in total. The fraction of sp³-hybridized carbons (Fsp3) is 0.619. The Balaban J connectivity index is 0.00000280. The molecule has 1 saturated heterocycles. The minimum atomic E-state index is -0.405. The van der Waals surface area contributed by atoms with Crippen molar-refractivity contribution in [3.8, 4) is 0 Å². The lowest BCUT2D eigenvalue weighted by atomic mass is 9.74. The predicted molar refractivity (Wildman–Crippen MR) is 113 cm³/mol. The van der Waals surface area contributed by atoms with Gasteiger partial charge in [0.05, 0.1) is 5.92 Å². The summed E-state index contributed by atoms with van der Waals surface area (Å²) in [6.07, 6.45) is 3.97. The highest BCUT2D eigenvalue weighted by Gasteiger charge is 2.40. The Morgan fingerprint density at radius 3 is 2.32 bits per heavy atom. The molecule has 7 heteroatoms. The van der Waals surface area contributed by atoms with Crippen LogP contribution in [0.3, 0.4) is 0 Å². The fourth-order valence-electron chi connectivity index (χ4n) is 4.27. The second-order valence-electron chi connectivity index (χ2n) is 8.24. The third-order valence-corrected chi connectivity index (χ3v) is 6.00. The second-order valence-corrected chi connectivity index (χ2v) is 8.24. The van der Waals surface area contributed by atoms with Gasteiger partial charge in [-0.25, -0.2) is 4.79 Å². The smallest absolute Gasteiger partial charge is 0.320 e. The van der Waals surface area contributed by atoms with Gasteiger partial charge >= 0.3 is 6.03 Å². The maximum atomic E-state index is 13.0. The molecule has 0 radical (unpaired) electrons. The van der Waals surface area contributed by atoms with Crippen LogP contribution in [0.25, 0.3) is 0 Å². The molecule has 2 aliphatic rings. The summed E-state index contributed by atoms with van der Waals surface area (Å²) in [4.78, 5) is 31.2. The minimum absolute atomic E-state index is 0. The lowest BCUT2D eigenvalue weighted by molar-refractivity contribution is -0.140. The second kappa shape index (κ2) is 9.61. The Hall–Kier alpha value is -1.79. The van der Waals surface area contributed by atoms with Crippen molar-refractivity contribution in [1.29, 1.82) is 0 Å². The predicted octanol–water partition coefficient (Wildman–Crippen LogP) is 2.71. The summed E-state index contributed by atoms with van der Waals surface area (Å²) in [5.41, 5.74) is 7.11. The molecule has 1 saturated carbocycles. The molecule has 0 aromatic heterocycles. The van der Waals surface area contributed by atoms with E-state index in [9.17, 15) is 9.59 Å². The van der Waals surface area contributed by atoms with Crippen LogP contribution in [0.2, 0.25) is 0 Å². The molecule has 1 aliphatic carbocycles. The first-order valence-electron chi connectivity index (χ1n) is 10.00. The van der Waals surface area contributed by atoms with Gasteiger partial charge in [-0.05, 0) is 25.3 Å². The summed E-state index contributed by atoms with van der Waals surface area (Å²) in [6.45, 7) is 4.95. The van der Waals surface area contributed by atoms with Crippen LogP contribution in [-0.4, -0.2) is 65.4 Å². The molecular weight excluding hydrogens is 376 g/mol. The van der Waals surface area contributed by atoms with E-state index in [-0.39, 0.29) is 30.3 Å². The number of nitrogens with two attached hydrogens (primary N) is 1. The zero-order valence-electron chi connectivity index (χ0n) is 17.0. The molecule has 0 bridgehead atoms. The summed E-state index contributed by atoms with van der Waals surface area (Å²) >= 11 is 0. The molecule has 1 aromatic rings. The molecule has 1 heterocycles. The quantitative estimate of drug-likeness (QED) is 0.835. The third-order valence-electron chi connectivity index (χ3n) is 6.00. The largest absolute Gasteiger partial charge is 0.339 e. The highest BCUT2D eigenvalue weighted by Crippen LogP contribution is 2.33. The van der Waals surface area contributed by atoms with E-state index in [2.05, 4.69) is 0 Å². The van der Waals surface area contributed by atoms with Gasteiger partial charge in [0.15, 0.2) is 0 Å². The van der Waals surface area contributed by atoms with Gasteiger partial charge in [-0.15, -0.1) is 12.4 Å². The number of rotatable bonds is 3. The number of hydrogen-bond acceptors (Lipinski definition) is 3. The summed E-state index contributed by atoms with van der Waals surface area (Å²) in [5, 5.41) is 0. The van der Waals surface area contributed by atoms with E-state index in [0.717, 1.165) is 31.2 Å². The van der Waals surface area contributed by atoms with Crippen LogP contribution >= 0.6 is 12.4 Å². The minimum Gasteiger partial charge on any atom is -0.339 e. The number of urea groups is 1. The summed E-state index contributed by atoms with van der Waals surface area (Å²) in [5.74, 6) is 0.0821. The summed E-state index contributed by atoms with van der Waals surface area (Å²) in [6, 6.07) is 10.00. The zero-order chi connectivity index (χ0) is 19.4. The van der Waals surface area contributed by atoms with E-state index >= 15 is 0 Å². The van der Waals surface area contributed by atoms with Crippen LogP contribution in [0.4, 0.5) is 4.79 Å². The van der Waals surface area contributed by atoms with Crippen molar-refractivity contribution in [2.24, 2.45) is 11.7 Å². The number of amides is 3. The maximum Gasteiger partial charge on any atom is 0.320 e. The van der Waals surface area contributed by atoms with Crippen LogP contribution in [0.1, 0.15) is 38.2 Å². The van der Waals surface area contributed by atoms with E-state index < -0.39 is 5.54 Å². The lowest BCUT2D eigenvalue weighted by Crippen LogP contribution is -2.58. The summed E-state index contributed by atoms with van der Waals surface area (Å²) in [7, 11) is 1.83. The average molecular weight is 409 g/mol. The van der Waals surface area contributed by atoms with Crippen molar-refractivity contribution in [3.63, 3.8) is 0 Å². The molecule has 1 aliphatic heterocycles. The van der Waals surface area contributed by atoms with Gasteiger partial charge in [0.2, 0.25) is 5.91 Å². The van der Waals surface area contributed by atoms with Crippen LogP contribution in [0.15, 0.2) is 30.3 Å². The van der Waals surface area contributed by atoms with E-state index in [0.29, 0.717) is 32.7 Å². The van der Waals surface area contributed by atoms with Gasteiger partial charge in [-0.3, -0.25) is 4.79 Å². The number of benzene rings is 1. The van der Waals surface area contributed by atoms with Crippen LogP contribution in [0.5, 0.6) is 0 Å². The first-order valence-corrected chi connectivity index (χ1v) is 10.00. The SMILES string of the molecule is CN(Cc1ccccc1)C(=O)N1CCN(C(=O)C2CCCCC2(C)N)CC1.Cl. The molecule has 3 rings (SSSR count). The number of piperazine rings is 1. The Labute approximate surface area is 174 Å². The van der Waals surface area contributed by atoms with Gasteiger partial charge in [0, 0.05) is 45.3 Å². The number of nitrogens with zero attached hydrogens (tertiary/aromatic N) is 3. The van der Waals surface area contributed by atoms with Gasteiger partial charge < -0.3 is 20.4 Å². The van der Waals surface area contributed by atoms with Gasteiger partial charge in [0.25, 0.3) is 0 Å². The van der Waals surface area contributed by atoms with Crippen molar-refractivity contribution in [2.75, 3.05) is 33.2 Å². The molecule has 2 fully saturated rings. The van der Waals surface area contributed by atoms with E-state index in [1.165, 1.54) is 0 Å². The monoisotopic (exact) mass is 408 g/mol. The van der Waals surface area contributed by atoms with Gasteiger partial charge in [-0.1, -0.05) is 43.2 Å². The molecule has 2 unspecified atom stereocenters. The zero-order valence-corrected chi connectivity index (χ0v) is 17.8. The van der Waals surface area contributed by atoms with Crippen molar-refractivity contribution in [2.45, 2.75) is 44.7 Å². The van der Waals surface area contributed by atoms with Crippen molar-refractivity contribution < 1.29 is 9.59 Å². The van der Waals surface area contributed by atoms with Crippen LogP contribution < -0.4 is 5.73 Å². The van der Waals surface area contributed by atoms with Crippen molar-refractivity contribution in [1.82, 2.24) is 14.7 Å². The highest BCUT2D eigenvalue weighted by molar-refractivity contribution is 5.85. The molecule has 2 atom stereocenters. The van der Waals surface area contributed by atoms with Crippen LogP contribution in [-0.2, 0) is 11.3 Å². The summed E-state index contributed by atoms with van der Waals surface area (Å²) < 4.78 is 0. The Morgan fingerprint density at radius 1 is 1.11 bits per heavy atom. The van der Waals surface area contributed by atoms with Gasteiger partial charge in [0.1, 0.15) is 0 Å². The Bertz CT molecular complexity index is 660. The first kappa shape index (κ1) is 22.5. The van der Waals surface area contributed by atoms with E-state index in [1.807, 2.05) is 54.1 Å². The maximum absolute atomic E-state index is 13.0. The first-order chi connectivity index (χ1) is 12.9. The highest BCUT2D eigenvalue weighted by atomic mass is 35.5. The fourth-order valence-corrected chi connectivity index (χ4v) is 4.27. The van der Waals surface area contributed by atoms with Gasteiger partial charge in [-0.2, -0.15) is 0 Å². The van der Waals surface area contributed by atoms with E-state index in [4.69, 9.17) is 5.73 Å². The van der Waals surface area contributed by atoms with Crippen molar-refractivity contribution in [3.05, 3.63) is 35.9 Å². The molecule has 156 valence electrons. The Kier molecular flexibility index (Phi) is 7.72. The standard InChI is InChI=1S/C21H32N4O2.ClH/c1-21(22)11-7-6-10-18(21)19(26)24-12-14-25(15-13-24)20(27)23(2)16-17-8-4-3-5-9-17;/h3-5,8-9,18H,6-7,10-16,22H2,1-2H3;1H. The molecule has 28 heavy (non-hydrogen) atoms. The molecule has 1 aromatic carbocycles. The number of carbonyl (C=O) groups is 2. The normalized spacial score (nSPS) is 25.0. The Morgan fingerprint density at radius 2 is 1.71 bits per heavy atom. The topological polar surface area (TPSA) is 69.9 Å². The molecular formula is C21H33ClN4O2. The number of halogens is 1. The third kappa shape index (κ3) is 5.17. The number of hydrogen-bond donors (Lipinski definition) is 1. The molecule has 3 amide bonds. The molecule has 6 nitrogen and oxygen atoms in total. The average Bonchev–Trinajstić information content (AvgIpc) is 2.67. The van der Waals surface area contributed by atoms with E-state index in [1.54, 1.807) is 4.90 Å². The lowest BCUT2D eigenvalue weighted by Gasteiger charge is -2.42. The number of carbonyl (C=O) groups excluding carboxylic acids is 2. The van der Waals surface area contributed by atoms with Crippen LogP contribution in [0, 0.1) is 5.92 Å². The molecule has 0 spiro atoms. The van der Waals surface area contributed by atoms with Crippen molar-refractivity contribution >= 4 is 24.3 Å².